The summed E-state index contributed by atoms with van der Waals surface area (Å²) in [6, 6.07) is 164. The van der Waals surface area contributed by atoms with Crippen molar-refractivity contribution in [2.24, 2.45) is 0 Å². The molecule has 24 rings (SSSR count). The van der Waals surface area contributed by atoms with E-state index in [1.807, 2.05) is 314 Å². The predicted molar refractivity (Wildman–Crippen MR) is 601 cm³/mol. The van der Waals surface area contributed by atoms with E-state index in [0.717, 1.165) is 157 Å². The van der Waals surface area contributed by atoms with Gasteiger partial charge in [-0.1, -0.05) is 431 Å². The lowest BCUT2D eigenvalue weighted by Gasteiger charge is -2.10. The van der Waals surface area contributed by atoms with Gasteiger partial charge in [-0.15, -0.1) is 0 Å². The van der Waals surface area contributed by atoms with E-state index in [0.29, 0.717) is 75.7 Å². The fourth-order valence-electron chi connectivity index (χ4n) is 17.4. The molecular formula is C132H97N17. The molecule has 17 heteroatoms. The summed E-state index contributed by atoms with van der Waals surface area (Å²) in [5, 5.41) is 0. The summed E-state index contributed by atoms with van der Waals surface area (Å²) in [4.78, 5) is 81.5. The van der Waals surface area contributed by atoms with Crippen LogP contribution in [0.3, 0.4) is 0 Å². The Morgan fingerprint density at radius 1 is 0.121 bits per heavy atom. The number of aryl methyl sites for hydroxylation is 5. The zero-order valence-electron chi connectivity index (χ0n) is 82.4. The molecular weight excluding hydrogens is 1820 g/mol. The fraction of sp³-hybridized carbons (Fsp3) is 0.0379. The predicted octanol–water partition coefficient (Wildman–Crippen LogP) is 31.3. The van der Waals surface area contributed by atoms with E-state index < -0.39 is 0 Å². The van der Waals surface area contributed by atoms with Gasteiger partial charge in [-0.25, -0.2) is 69.8 Å². The molecule has 0 saturated carbocycles. The lowest BCUT2D eigenvalue weighted by atomic mass is 10.0. The maximum absolute atomic E-state index is 4.92. The van der Waals surface area contributed by atoms with Crippen LogP contribution in [0, 0.1) is 34.6 Å². The number of nitrogens with zero attached hydrogens (tertiary/aromatic N) is 17. The highest BCUT2D eigenvalue weighted by Crippen LogP contribution is 2.38. The Morgan fingerprint density at radius 2 is 0.342 bits per heavy atom. The number of benzene rings is 16. The fourth-order valence-corrected chi connectivity index (χ4v) is 17.4. The maximum atomic E-state index is 4.92. The van der Waals surface area contributed by atoms with Gasteiger partial charge in [0.05, 0.1) is 5.69 Å². The van der Waals surface area contributed by atoms with Gasteiger partial charge >= 0.3 is 0 Å². The van der Waals surface area contributed by atoms with Crippen molar-refractivity contribution in [2.45, 2.75) is 34.6 Å². The minimum atomic E-state index is 0.604. The van der Waals surface area contributed by atoms with Crippen LogP contribution in [0.2, 0.25) is 0 Å². The summed E-state index contributed by atoms with van der Waals surface area (Å²) >= 11 is 0. The largest absolute Gasteiger partial charge is 0.261 e. The van der Waals surface area contributed by atoms with Crippen LogP contribution < -0.4 is 0 Å². The van der Waals surface area contributed by atoms with Crippen LogP contribution in [-0.2, 0) is 0 Å². The van der Waals surface area contributed by atoms with E-state index in [9.17, 15) is 0 Å². The number of hydrogen-bond donors (Lipinski definition) is 0. The van der Waals surface area contributed by atoms with Crippen molar-refractivity contribution >= 4 is 0 Å². The average Bonchev–Trinajstić information content (AvgIpc) is 0.798. The molecule has 710 valence electrons. The van der Waals surface area contributed by atoms with Crippen LogP contribution in [0.5, 0.6) is 0 Å². The standard InChI is InChI=1S/C33H25N5.3C33H24N4/c1-22-20-23(2)35-32(34-22)28-14-9-15-29(21-28)33-37-30(26-12-7-4-8-13-26)36-31(38-33)27-18-16-25(17-19-27)24-10-5-3-6-11-24;1-23-10-8-17-30(34-23)28-15-9-16-29(22-28)33-36-31(26-13-6-3-7-14-26)35-32(37-33)27-20-18-25(19-21-27)24-11-4-2-5-12-24;1-23-30(16-9-21-34-23)28-14-8-15-29(22-28)33-36-31(26-12-6-3-7-13-26)35-32(37-33)27-19-17-25(18-20-27)24-10-4-2-5-11-24;1-23-15-16-30(22-34-23)28-13-8-14-29(21-28)33-36-31(26-11-6-3-7-12-26)35-32(37-33)27-19-17-25(18-20-27)24-9-4-2-5-10-24/h3-21H,1-2H3;3*2-22H,1H3. The Kier molecular flexibility index (Phi) is 28.9. The lowest BCUT2D eigenvalue weighted by Crippen LogP contribution is -2.00. The molecule has 0 amide bonds. The monoisotopic (exact) mass is 1920 g/mol. The molecule has 8 aromatic heterocycles. The van der Waals surface area contributed by atoms with Gasteiger partial charge in [-0.2, -0.15) is 0 Å². The third-order valence-corrected chi connectivity index (χ3v) is 25.1. The average molecular weight is 1920 g/mol. The molecule has 17 nitrogen and oxygen atoms in total. The molecule has 149 heavy (non-hydrogen) atoms. The third-order valence-electron chi connectivity index (χ3n) is 25.1. The summed E-state index contributed by atoms with van der Waals surface area (Å²) in [6.45, 7) is 9.98. The van der Waals surface area contributed by atoms with Gasteiger partial charge in [0.1, 0.15) is 0 Å². The Labute approximate surface area is 865 Å². The van der Waals surface area contributed by atoms with Crippen molar-refractivity contribution in [1.82, 2.24) is 84.7 Å². The number of aromatic nitrogens is 17. The van der Waals surface area contributed by atoms with E-state index in [4.69, 9.17) is 59.8 Å². The Balaban J connectivity index is 0.000000116. The van der Waals surface area contributed by atoms with E-state index in [-0.39, 0.29) is 0 Å². The van der Waals surface area contributed by atoms with Crippen molar-refractivity contribution in [1.29, 1.82) is 0 Å². The van der Waals surface area contributed by atoms with Crippen molar-refractivity contribution < 1.29 is 0 Å². The van der Waals surface area contributed by atoms with Crippen molar-refractivity contribution in [3.63, 3.8) is 0 Å². The Bertz CT molecular complexity index is 8710. The first kappa shape index (κ1) is 95.3. The third kappa shape index (κ3) is 23.4. The molecule has 0 fully saturated rings. The first-order valence-corrected chi connectivity index (χ1v) is 49.3. The molecule has 24 aromatic rings. The summed E-state index contributed by atoms with van der Waals surface area (Å²) in [6.07, 6.45) is 3.72. The molecule has 0 aliphatic heterocycles. The molecule has 0 unspecified atom stereocenters. The number of pyridine rings is 3. The van der Waals surface area contributed by atoms with Gasteiger partial charge in [0.25, 0.3) is 0 Å². The quantitative estimate of drug-likeness (QED) is 0.0692. The molecule has 0 saturated heterocycles. The SMILES string of the molecule is Cc1cc(C)nc(-c2cccc(-c3nc(-c4ccccc4)nc(-c4ccc(-c5ccccc5)cc4)n3)c2)n1.Cc1ccc(-c2cccc(-c3nc(-c4ccccc4)nc(-c4ccc(-c5ccccc5)cc4)n3)c2)cn1.Cc1cccc(-c2cccc(-c3nc(-c4ccccc4)nc(-c4ccc(-c5ccccc5)cc4)n3)c2)n1.Cc1ncccc1-c1cccc(-c2nc(-c3ccccc3)nc(-c3ccc(-c4ccccc4)cc3)n2)c1. The summed E-state index contributed by atoms with van der Waals surface area (Å²) in [5.74, 6) is 8.33. The van der Waals surface area contributed by atoms with E-state index in [2.05, 4.69) is 243 Å². The van der Waals surface area contributed by atoms with Gasteiger partial charge in [-0.05, 0) is 145 Å². The number of hydrogen-bond acceptors (Lipinski definition) is 17. The molecule has 0 N–H and O–H groups in total. The molecule has 0 radical (unpaired) electrons. The molecule has 8 heterocycles. The minimum absolute atomic E-state index is 0.604. The van der Waals surface area contributed by atoms with Crippen LogP contribution in [0.1, 0.15) is 28.5 Å². The second-order valence-electron chi connectivity index (χ2n) is 35.7. The van der Waals surface area contributed by atoms with Crippen LogP contribution in [0.15, 0.2) is 498 Å². The van der Waals surface area contributed by atoms with Crippen LogP contribution in [0.25, 0.3) is 226 Å². The topological polar surface area (TPSA) is 219 Å². The molecule has 0 spiro atoms. The van der Waals surface area contributed by atoms with Crippen LogP contribution >= 0.6 is 0 Å². The zero-order chi connectivity index (χ0) is 101. The second kappa shape index (κ2) is 45.1. The Morgan fingerprint density at radius 3 is 0.638 bits per heavy atom. The second-order valence-corrected chi connectivity index (χ2v) is 35.7. The van der Waals surface area contributed by atoms with Crippen molar-refractivity contribution in [2.75, 3.05) is 0 Å². The van der Waals surface area contributed by atoms with Gasteiger partial charge < -0.3 is 0 Å². The summed E-state index contributed by atoms with van der Waals surface area (Å²) in [7, 11) is 0. The summed E-state index contributed by atoms with van der Waals surface area (Å²) < 4.78 is 0. The summed E-state index contributed by atoms with van der Waals surface area (Å²) in [5.41, 5.74) is 32.5. The number of rotatable bonds is 20. The first-order valence-electron chi connectivity index (χ1n) is 49.3. The first-order chi connectivity index (χ1) is 73.3. The van der Waals surface area contributed by atoms with E-state index >= 15 is 0 Å². The highest BCUT2D eigenvalue weighted by molar-refractivity contribution is 5.81. The molecule has 0 aliphatic rings. The molecule has 0 aliphatic carbocycles. The highest BCUT2D eigenvalue weighted by Gasteiger charge is 2.22. The van der Waals surface area contributed by atoms with Gasteiger partial charge in [0.2, 0.25) is 0 Å². The van der Waals surface area contributed by atoms with E-state index in [1.54, 1.807) is 0 Å². The van der Waals surface area contributed by atoms with Gasteiger partial charge in [0.15, 0.2) is 75.7 Å². The van der Waals surface area contributed by atoms with Crippen LogP contribution in [0.4, 0.5) is 0 Å². The van der Waals surface area contributed by atoms with Gasteiger partial charge in [0, 0.05) is 130 Å². The zero-order valence-corrected chi connectivity index (χ0v) is 82.4. The lowest BCUT2D eigenvalue weighted by molar-refractivity contribution is 1.06. The highest BCUT2D eigenvalue weighted by atomic mass is 15.1. The smallest absolute Gasteiger partial charge is 0.164 e. The van der Waals surface area contributed by atoms with Gasteiger partial charge in [-0.3, -0.25) is 15.0 Å². The molecule has 0 atom stereocenters. The molecule has 16 aromatic carbocycles. The molecule has 0 bridgehead atoms. The van der Waals surface area contributed by atoms with Crippen molar-refractivity contribution in [3.05, 3.63) is 526 Å². The maximum Gasteiger partial charge on any atom is 0.164 e. The van der Waals surface area contributed by atoms with Crippen LogP contribution in [-0.4, -0.2) is 84.7 Å². The normalized spacial score (nSPS) is 10.9. The Hall–Kier alpha value is -19.9. The van der Waals surface area contributed by atoms with Crippen molar-refractivity contribution in [3.8, 4) is 226 Å². The minimum Gasteiger partial charge on any atom is -0.261 e. The van der Waals surface area contributed by atoms with E-state index in [1.165, 1.54) is 22.3 Å².